The highest BCUT2D eigenvalue weighted by Gasteiger charge is 2.25. The highest BCUT2D eigenvalue weighted by molar-refractivity contribution is 5.41. The zero-order valence-electron chi connectivity index (χ0n) is 11.9. The summed E-state index contributed by atoms with van der Waals surface area (Å²) in [5, 5.41) is 8.73. The molecule has 106 valence electrons. The maximum atomic E-state index is 8.73. The van der Waals surface area contributed by atoms with Gasteiger partial charge in [-0.2, -0.15) is 0 Å². The third-order valence-electron chi connectivity index (χ3n) is 3.72. The van der Waals surface area contributed by atoms with E-state index in [0.29, 0.717) is 18.9 Å². The number of fused-ring (bicyclic) bond motifs is 1. The summed E-state index contributed by atoms with van der Waals surface area (Å²) in [6.45, 7) is 0.814. The van der Waals surface area contributed by atoms with Gasteiger partial charge >= 0.3 is 0 Å². The smallest absolute Gasteiger partial charge is 0.120 e. The van der Waals surface area contributed by atoms with E-state index in [-0.39, 0.29) is 6.61 Å². The summed E-state index contributed by atoms with van der Waals surface area (Å²) in [5.41, 5.74) is 3.78. The van der Waals surface area contributed by atoms with Crippen molar-refractivity contribution in [1.82, 2.24) is 0 Å². The zero-order chi connectivity index (χ0) is 14.5. The molecule has 0 amide bonds. The minimum atomic E-state index is 0.101. The molecule has 2 heteroatoms. The van der Waals surface area contributed by atoms with Crippen molar-refractivity contribution in [1.29, 1.82) is 0 Å². The molecule has 0 aliphatic heterocycles. The topological polar surface area (TPSA) is 29.5 Å². The Bertz CT molecular complexity index is 679. The summed E-state index contributed by atoms with van der Waals surface area (Å²) in [7, 11) is 0. The SMILES string of the molecule is OCCC#Cc1cccc(OCC2Cc3ccccc32)c1. The number of benzene rings is 2. The second kappa shape index (κ2) is 6.47. The normalized spacial score (nSPS) is 15.4. The summed E-state index contributed by atoms with van der Waals surface area (Å²) in [5.74, 6) is 7.31. The van der Waals surface area contributed by atoms with Crippen LogP contribution in [0.15, 0.2) is 48.5 Å². The number of hydrogen-bond acceptors (Lipinski definition) is 2. The lowest BCUT2D eigenvalue weighted by molar-refractivity contribution is 0.275. The minimum Gasteiger partial charge on any atom is -0.493 e. The molecule has 0 saturated carbocycles. The molecule has 1 unspecified atom stereocenters. The van der Waals surface area contributed by atoms with Gasteiger partial charge in [0.1, 0.15) is 5.75 Å². The van der Waals surface area contributed by atoms with Crippen LogP contribution in [0.4, 0.5) is 0 Å². The molecule has 0 aromatic heterocycles. The largest absolute Gasteiger partial charge is 0.493 e. The van der Waals surface area contributed by atoms with Crippen molar-refractivity contribution in [2.45, 2.75) is 18.8 Å². The molecule has 1 aliphatic carbocycles. The molecule has 1 aliphatic rings. The van der Waals surface area contributed by atoms with Crippen molar-refractivity contribution in [3.63, 3.8) is 0 Å². The standard InChI is InChI=1S/C19H18O2/c20-11-4-3-6-15-7-5-9-18(12-15)21-14-17-13-16-8-1-2-10-19(16)17/h1-2,5,7-10,12,17,20H,4,11,13-14H2. The predicted octanol–water partition coefficient (Wildman–Crippen LogP) is 3.14. The first-order valence-corrected chi connectivity index (χ1v) is 7.27. The van der Waals surface area contributed by atoms with E-state index < -0.39 is 0 Å². The number of aliphatic hydroxyl groups is 1. The Morgan fingerprint density at radius 3 is 2.90 bits per heavy atom. The van der Waals surface area contributed by atoms with Gasteiger partial charge in [-0.25, -0.2) is 0 Å². The number of ether oxygens (including phenoxy) is 1. The zero-order valence-corrected chi connectivity index (χ0v) is 11.9. The molecule has 2 aromatic carbocycles. The van der Waals surface area contributed by atoms with Crippen LogP contribution in [0.25, 0.3) is 0 Å². The Balaban J connectivity index is 1.60. The lowest BCUT2D eigenvalue weighted by Crippen LogP contribution is -2.23. The molecule has 0 radical (unpaired) electrons. The molecular weight excluding hydrogens is 260 g/mol. The van der Waals surface area contributed by atoms with Gasteiger partial charge in [-0.1, -0.05) is 42.2 Å². The van der Waals surface area contributed by atoms with Gasteiger partial charge in [0, 0.05) is 17.9 Å². The quantitative estimate of drug-likeness (QED) is 0.871. The molecule has 21 heavy (non-hydrogen) atoms. The molecule has 0 bridgehead atoms. The Morgan fingerprint density at radius 2 is 2.05 bits per heavy atom. The van der Waals surface area contributed by atoms with Crippen molar-refractivity contribution in [3.05, 3.63) is 65.2 Å². The van der Waals surface area contributed by atoms with E-state index in [1.54, 1.807) is 0 Å². The van der Waals surface area contributed by atoms with Crippen molar-refractivity contribution < 1.29 is 9.84 Å². The molecular formula is C19H18O2. The summed E-state index contributed by atoms with van der Waals surface area (Å²) in [6, 6.07) is 16.4. The highest BCUT2D eigenvalue weighted by atomic mass is 16.5. The molecule has 1 atom stereocenters. The maximum Gasteiger partial charge on any atom is 0.120 e. The third kappa shape index (κ3) is 3.26. The molecule has 2 nitrogen and oxygen atoms in total. The summed E-state index contributed by atoms with van der Waals surface area (Å²) >= 11 is 0. The van der Waals surface area contributed by atoms with Gasteiger partial charge in [-0.3, -0.25) is 0 Å². The van der Waals surface area contributed by atoms with Gasteiger partial charge in [0.2, 0.25) is 0 Å². The lowest BCUT2D eigenvalue weighted by Gasteiger charge is -2.29. The van der Waals surface area contributed by atoms with E-state index in [1.807, 2.05) is 24.3 Å². The molecule has 0 heterocycles. The average Bonchev–Trinajstić information content (AvgIpc) is 2.49. The molecule has 2 aromatic rings. The Labute approximate surface area is 125 Å². The number of hydrogen-bond donors (Lipinski definition) is 1. The minimum absolute atomic E-state index is 0.101. The predicted molar refractivity (Wildman–Crippen MR) is 83.4 cm³/mol. The van der Waals surface area contributed by atoms with Crippen molar-refractivity contribution in [3.8, 4) is 17.6 Å². The fourth-order valence-corrected chi connectivity index (χ4v) is 2.59. The second-order valence-electron chi connectivity index (χ2n) is 5.21. The van der Waals surface area contributed by atoms with Gasteiger partial charge in [0.05, 0.1) is 13.2 Å². The first-order valence-electron chi connectivity index (χ1n) is 7.27. The number of aliphatic hydroxyl groups excluding tert-OH is 1. The number of rotatable bonds is 4. The van der Waals surface area contributed by atoms with Crippen molar-refractivity contribution in [2.24, 2.45) is 0 Å². The van der Waals surface area contributed by atoms with Crippen LogP contribution in [-0.4, -0.2) is 18.3 Å². The molecule has 3 rings (SSSR count). The summed E-state index contributed by atoms with van der Waals surface area (Å²) < 4.78 is 5.90. The van der Waals surface area contributed by atoms with Gasteiger partial charge in [0.15, 0.2) is 0 Å². The van der Waals surface area contributed by atoms with E-state index in [1.165, 1.54) is 11.1 Å². The Morgan fingerprint density at radius 1 is 1.14 bits per heavy atom. The average molecular weight is 278 g/mol. The van der Waals surface area contributed by atoms with Crippen LogP contribution in [-0.2, 0) is 6.42 Å². The van der Waals surface area contributed by atoms with E-state index in [0.717, 1.165) is 17.7 Å². The molecule has 0 spiro atoms. The van der Waals surface area contributed by atoms with Crippen LogP contribution in [0.2, 0.25) is 0 Å². The van der Waals surface area contributed by atoms with Crippen molar-refractivity contribution in [2.75, 3.05) is 13.2 Å². The Kier molecular flexibility index (Phi) is 4.23. The first kappa shape index (κ1) is 13.7. The van der Waals surface area contributed by atoms with E-state index in [2.05, 4.69) is 36.1 Å². The highest BCUT2D eigenvalue weighted by Crippen LogP contribution is 2.35. The fourth-order valence-electron chi connectivity index (χ4n) is 2.59. The molecule has 1 N–H and O–H groups in total. The molecule has 0 fully saturated rings. The summed E-state index contributed by atoms with van der Waals surface area (Å²) in [4.78, 5) is 0. The van der Waals surface area contributed by atoms with E-state index in [4.69, 9.17) is 9.84 Å². The second-order valence-corrected chi connectivity index (χ2v) is 5.21. The maximum absolute atomic E-state index is 8.73. The van der Waals surface area contributed by atoms with Crippen LogP contribution in [0.5, 0.6) is 5.75 Å². The van der Waals surface area contributed by atoms with Gasteiger partial charge < -0.3 is 9.84 Å². The van der Waals surface area contributed by atoms with E-state index >= 15 is 0 Å². The Hall–Kier alpha value is -2.24. The van der Waals surface area contributed by atoms with Crippen molar-refractivity contribution >= 4 is 0 Å². The van der Waals surface area contributed by atoms with E-state index in [9.17, 15) is 0 Å². The van der Waals surface area contributed by atoms with Crippen LogP contribution in [0, 0.1) is 11.8 Å². The molecule has 0 saturated heterocycles. The van der Waals surface area contributed by atoms with Crippen LogP contribution in [0.3, 0.4) is 0 Å². The van der Waals surface area contributed by atoms with Crippen LogP contribution in [0.1, 0.15) is 29.0 Å². The van der Waals surface area contributed by atoms with Gasteiger partial charge in [-0.15, -0.1) is 0 Å². The first-order chi connectivity index (χ1) is 10.4. The van der Waals surface area contributed by atoms with Crippen LogP contribution >= 0.6 is 0 Å². The fraction of sp³-hybridized carbons (Fsp3) is 0.263. The van der Waals surface area contributed by atoms with Crippen LogP contribution < -0.4 is 4.74 Å². The van der Waals surface area contributed by atoms with Gasteiger partial charge in [-0.05, 0) is 35.7 Å². The monoisotopic (exact) mass is 278 g/mol. The van der Waals surface area contributed by atoms with Gasteiger partial charge in [0.25, 0.3) is 0 Å². The summed E-state index contributed by atoms with van der Waals surface area (Å²) in [6.07, 6.45) is 1.61. The third-order valence-corrected chi connectivity index (χ3v) is 3.72. The lowest BCUT2D eigenvalue weighted by atomic mass is 9.78.